The van der Waals surface area contributed by atoms with Crippen molar-refractivity contribution in [1.82, 2.24) is 9.61 Å². The molecule has 3 aromatic rings. The smallest absolute Gasteiger partial charge is 0.0934 e. The van der Waals surface area contributed by atoms with Crippen molar-refractivity contribution in [3.63, 3.8) is 0 Å². The Kier molecular flexibility index (Phi) is 1.60. The second-order valence-electron chi connectivity index (χ2n) is 3.99. The number of rotatable bonds is 0. The molecule has 0 aliphatic rings. The van der Waals surface area contributed by atoms with E-state index in [2.05, 4.69) is 49.3 Å². The van der Waals surface area contributed by atoms with Crippen LogP contribution in [-0.2, 0) is 0 Å². The van der Waals surface area contributed by atoms with E-state index in [-0.39, 0.29) is 0 Å². The van der Waals surface area contributed by atoms with Gasteiger partial charge in [0.1, 0.15) is 0 Å². The Labute approximate surface area is 88.1 Å². The molecular weight excluding hydrogens is 184 g/mol. The predicted molar refractivity (Wildman–Crippen MR) is 62.2 cm³/mol. The number of aromatic nitrogens is 2. The van der Waals surface area contributed by atoms with Gasteiger partial charge in [0, 0.05) is 11.1 Å². The summed E-state index contributed by atoms with van der Waals surface area (Å²) in [5.74, 6) is 0. The molecule has 0 aliphatic heterocycles. The number of benzene rings is 1. The normalized spacial score (nSPS) is 11.3. The summed E-state index contributed by atoms with van der Waals surface area (Å²) in [5, 5.41) is 5.80. The molecule has 0 unspecified atom stereocenters. The van der Waals surface area contributed by atoms with Gasteiger partial charge in [0.25, 0.3) is 0 Å². The largest absolute Gasteiger partial charge is 0.237 e. The fourth-order valence-electron chi connectivity index (χ4n) is 2.11. The summed E-state index contributed by atoms with van der Waals surface area (Å²) in [7, 11) is 0. The average molecular weight is 196 g/mol. The molecule has 0 bridgehead atoms. The van der Waals surface area contributed by atoms with Crippen molar-refractivity contribution in [3.05, 3.63) is 47.7 Å². The summed E-state index contributed by atoms with van der Waals surface area (Å²) in [6.07, 6.45) is 0. The van der Waals surface area contributed by atoms with Gasteiger partial charge in [-0.25, -0.2) is 4.52 Å². The number of hydrogen-bond donors (Lipinski definition) is 0. The lowest BCUT2D eigenvalue weighted by Gasteiger charge is -2.00. The maximum Gasteiger partial charge on any atom is 0.0934 e. The molecule has 2 nitrogen and oxygen atoms in total. The Morgan fingerprint density at radius 2 is 1.87 bits per heavy atom. The fourth-order valence-corrected chi connectivity index (χ4v) is 2.11. The molecule has 2 heterocycles. The molecule has 2 heteroatoms. The van der Waals surface area contributed by atoms with Crippen molar-refractivity contribution in [2.75, 3.05) is 0 Å². The van der Waals surface area contributed by atoms with E-state index >= 15 is 0 Å². The van der Waals surface area contributed by atoms with E-state index < -0.39 is 0 Å². The SMILES string of the molecule is Cc1cc(C)n2nc3ccccc3c2c1. The van der Waals surface area contributed by atoms with E-state index in [0.717, 1.165) is 5.52 Å². The molecule has 0 spiro atoms. The minimum Gasteiger partial charge on any atom is -0.237 e. The molecule has 15 heavy (non-hydrogen) atoms. The maximum atomic E-state index is 4.57. The van der Waals surface area contributed by atoms with Gasteiger partial charge in [-0.15, -0.1) is 0 Å². The van der Waals surface area contributed by atoms with Crippen molar-refractivity contribution < 1.29 is 0 Å². The molecule has 0 fully saturated rings. The van der Waals surface area contributed by atoms with Gasteiger partial charge in [0.2, 0.25) is 0 Å². The number of pyridine rings is 1. The minimum atomic E-state index is 1.06. The zero-order valence-corrected chi connectivity index (χ0v) is 8.86. The van der Waals surface area contributed by atoms with Gasteiger partial charge in [-0.1, -0.05) is 18.2 Å². The highest BCUT2D eigenvalue weighted by Crippen LogP contribution is 2.21. The molecule has 0 N–H and O–H groups in total. The predicted octanol–water partition coefficient (Wildman–Crippen LogP) is 3.10. The zero-order chi connectivity index (χ0) is 10.4. The highest BCUT2D eigenvalue weighted by atomic mass is 15.2. The molecule has 0 saturated carbocycles. The summed E-state index contributed by atoms with van der Waals surface area (Å²) in [5.41, 5.74) is 4.72. The highest BCUT2D eigenvalue weighted by molar-refractivity contribution is 5.94. The maximum absolute atomic E-state index is 4.57. The molecule has 3 rings (SSSR count). The third kappa shape index (κ3) is 1.14. The molecular formula is C13H12N2. The first kappa shape index (κ1) is 8.48. The van der Waals surface area contributed by atoms with E-state index in [9.17, 15) is 0 Å². The lowest BCUT2D eigenvalue weighted by molar-refractivity contribution is 0.927. The summed E-state index contributed by atoms with van der Waals surface area (Å²) in [6.45, 7) is 4.21. The molecule has 0 aliphatic carbocycles. The van der Waals surface area contributed by atoms with Gasteiger partial charge in [-0.2, -0.15) is 5.10 Å². The van der Waals surface area contributed by atoms with Crippen LogP contribution in [0.4, 0.5) is 0 Å². The lowest BCUT2D eigenvalue weighted by Crippen LogP contribution is -1.93. The Bertz CT molecular complexity index is 650. The Hall–Kier alpha value is -1.83. The Morgan fingerprint density at radius 3 is 2.73 bits per heavy atom. The van der Waals surface area contributed by atoms with Crippen LogP contribution in [0, 0.1) is 13.8 Å². The first-order valence-corrected chi connectivity index (χ1v) is 5.10. The van der Waals surface area contributed by atoms with Crippen LogP contribution in [0.3, 0.4) is 0 Å². The van der Waals surface area contributed by atoms with E-state index in [1.54, 1.807) is 0 Å². The monoisotopic (exact) mass is 196 g/mol. The van der Waals surface area contributed by atoms with Crippen LogP contribution in [-0.4, -0.2) is 9.61 Å². The summed E-state index contributed by atoms with van der Waals surface area (Å²) in [6, 6.07) is 12.6. The molecule has 74 valence electrons. The number of nitrogens with zero attached hydrogens (tertiary/aromatic N) is 2. The van der Waals surface area contributed by atoms with Gasteiger partial charge < -0.3 is 0 Å². The van der Waals surface area contributed by atoms with Crippen LogP contribution in [0.5, 0.6) is 0 Å². The zero-order valence-electron chi connectivity index (χ0n) is 8.86. The first-order valence-electron chi connectivity index (χ1n) is 5.10. The van der Waals surface area contributed by atoms with E-state index in [0.29, 0.717) is 0 Å². The molecule has 0 amide bonds. The molecule has 2 aromatic heterocycles. The van der Waals surface area contributed by atoms with Crippen molar-refractivity contribution in [2.24, 2.45) is 0 Å². The summed E-state index contributed by atoms with van der Waals surface area (Å²) >= 11 is 0. The highest BCUT2D eigenvalue weighted by Gasteiger charge is 2.05. The minimum absolute atomic E-state index is 1.06. The molecule has 0 saturated heterocycles. The fraction of sp³-hybridized carbons (Fsp3) is 0.154. The quantitative estimate of drug-likeness (QED) is 0.540. The van der Waals surface area contributed by atoms with Crippen LogP contribution in [0.25, 0.3) is 16.4 Å². The van der Waals surface area contributed by atoms with E-state index in [1.165, 1.54) is 22.2 Å². The standard InChI is InChI=1S/C13H12N2/c1-9-7-10(2)15-13(8-9)11-5-3-4-6-12(11)14-15/h3-8H,1-2H3. The number of hydrogen-bond acceptors (Lipinski definition) is 1. The second kappa shape index (κ2) is 2.83. The Morgan fingerprint density at radius 1 is 1.07 bits per heavy atom. The lowest BCUT2D eigenvalue weighted by atomic mass is 10.2. The summed E-state index contributed by atoms with van der Waals surface area (Å²) < 4.78 is 2.01. The van der Waals surface area contributed by atoms with Gasteiger partial charge >= 0.3 is 0 Å². The van der Waals surface area contributed by atoms with Crippen molar-refractivity contribution in [1.29, 1.82) is 0 Å². The van der Waals surface area contributed by atoms with Gasteiger partial charge in [-0.05, 0) is 37.6 Å². The molecule has 0 atom stereocenters. The van der Waals surface area contributed by atoms with Gasteiger partial charge in [0.15, 0.2) is 0 Å². The van der Waals surface area contributed by atoms with Gasteiger partial charge in [0.05, 0.1) is 11.0 Å². The number of fused-ring (bicyclic) bond motifs is 3. The van der Waals surface area contributed by atoms with Crippen LogP contribution in [0.1, 0.15) is 11.3 Å². The third-order valence-electron chi connectivity index (χ3n) is 2.75. The second-order valence-corrected chi connectivity index (χ2v) is 3.99. The van der Waals surface area contributed by atoms with Crippen molar-refractivity contribution >= 4 is 16.4 Å². The molecule has 0 radical (unpaired) electrons. The van der Waals surface area contributed by atoms with Crippen LogP contribution >= 0.6 is 0 Å². The van der Waals surface area contributed by atoms with E-state index in [4.69, 9.17) is 0 Å². The topological polar surface area (TPSA) is 17.3 Å². The first-order chi connectivity index (χ1) is 7.25. The Balaban J connectivity index is 2.61. The molecule has 1 aromatic carbocycles. The third-order valence-corrected chi connectivity index (χ3v) is 2.75. The van der Waals surface area contributed by atoms with Crippen LogP contribution in [0.2, 0.25) is 0 Å². The van der Waals surface area contributed by atoms with Crippen LogP contribution < -0.4 is 0 Å². The summed E-state index contributed by atoms with van der Waals surface area (Å²) in [4.78, 5) is 0. The van der Waals surface area contributed by atoms with Gasteiger partial charge in [-0.3, -0.25) is 0 Å². The van der Waals surface area contributed by atoms with Crippen LogP contribution in [0.15, 0.2) is 36.4 Å². The van der Waals surface area contributed by atoms with Crippen molar-refractivity contribution in [3.8, 4) is 0 Å². The van der Waals surface area contributed by atoms with E-state index in [1.807, 2.05) is 10.6 Å². The number of aryl methyl sites for hydroxylation is 2. The van der Waals surface area contributed by atoms with Crippen molar-refractivity contribution in [2.45, 2.75) is 13.8 Å². The average Bonchev–Trinajstić information content (AvgIpc) is 2.57.